The molecule has 0 radical (unpaired) electrons. The lowest BCUT2D eigenvalue weighted by Gasteiger charge is -2.07. The van der Waals surface area contributed by atoms with Gasteiger partial charge in [-0.15, -0.1) is 5.10 Å². The third kappa shape index (κ3) is 3.23. The van der Waals surface area contributed by atoms with Crippen molar-refractivity contribution in [3.63, 3.8) is 0 Å². The first-order valence-electron chi connectivity index (χ1n) is 5.98. The van der Waals surface area contributed by atoms with Crippen LogP contribution in [0.15, 0.2) is 23.4 Å². The van der Waals surface area contributed by atoms with Crippen LogP contribution in [0.1, 0.15) is 12.5 Å². The first kappa shape index (κ1) is 14.3. The molecule has 0 aliphatic carbocycles. The van der Waals surface area contributed by atoms with E-state index < -0.39 is 0 Å². The minimum atomic E-state index is -0.387. The Kier molecular flexibility index (Phi) is 4.51. The molecular weight excluding hydrogens is 280 g/mol. The highest BCUT2D eigenvalue weighted by Gasteiger charge is 2.14. The molecule has 20 heavy (non-hydrogen) atoms. The van der Waals surface area contributed by atoms with Gasteiger partial charge in [-0.2, -0.15) is 0 Å². The standard InChI is InChI=1S/C11H14N6O2S/c1-3-12-9-6-8(4-5-10(9)17(18)19)7-20-11-13-14-15-16(11)2/h4-6,12H,3,7H2,1-2H3. The van der Waals surface area contributed by atoms with Crippen molar-refractivity contribution < 1.29 is 4.92 Å². The summed E-state index contributed by atoms with van der Waals surface area (Å²) in [6, 6.07) is 5.05. The Bertz CT molecular complexity index is 615. The van der Waals surface area contributed by atoms with E-state index in [1.165, 1.54) is 17.8 Å². The van der Waals surface area contributed by atoms with Crippen LogP contribution in [0.2, 0.25) is 0 Å². The highest BCUT2D eigenvalue weighted by atomic mass is 32.2. The maximum atomic E-state index is 10.9. The molecule has 0 bridgehead atoms. The molecule has 1 N–H and O–H groups in total. The zero-order valence-corrected chi connectivity index (χ0v) is 11.9. The van der Waals surface area contributed by atoms with Crippen LogP contribution >= 0.6 is 11.8 Å². The molecule has 0 fully saturated rings. The second-order valence-corrected chi connectivity index (χ2v) is 4.96. The molecule has 0 amide bonds. The SMILES string of the molecule is CCNc1cc(CSc2nnnn2C)ccc1[N+](=O)[O-]. The fraction of sp³-hybridized carbons (Fsp3) is 0.364. The van der Waals surface area contributed by atoms with Crippen molar-refractivity contribution in [1.29, 1.82) is 0 Å². The minimum absolute atomic E-state index is 0.0842. The molecule has 8 nitrogen and oxygen atoms in total. The predicted molar refractivity (Wildman–Crippen MR) is 75.6 cm³/mol. The molecule has 0 saturated heterocycles. The average Bonchev–Trinajstić information content (AvgIpc) is 2.82. The maximum absolute atomic E-state index is 10.9. The van der Waals surface area contributed by atoms with Gasteiger partial charge in [0.2, 0.25) is 5.16 Å². The number of hydrogen-bond donors (Lipinski definition) is 1. The van der Waals surface area contributed by atoms with E-state index in [1.807, 2.05) is 6.92 Å². The summed E-state index contributed by atoms with van der Waals surface area (Å²) >= 11 is 1.48. The molecule has 1 aromatic heterocycles. The van der Waals surface area contributed by atoms with Gasteiger partial charge in [-0.1, -0.05) is 17.8 Å². The van der Waals surface area contributed by atoms with Crippen LogP contribution in [0.3, 0.4) is 0 Å². The van der Waals surface area contributed by atoms with Crippen molar-refractivity contribution in [1.82, 2.24) is 20.2 Å². The van der Waals surface area contributed by atoms with E-state index in [4.69, 9.17) is 0 Å². The summed E-state index contributed by atoms with van der Waals surface area (Å²) < 4.78 is 1.58. The van der Waals surface area contributed by atoms with E-state index in [1.54, 1.807) is 23.9 Å². The second kappa shape index (κ2) is 6.33. The van der Waals surface area contributed by atoms with E-state index >= 15 is 0 Å². The van der Waals surface area contributed by atoms with Crippen LogP contribution in [0.5, 0.6) is 0 Å². The van der Waals surface area contributed by atoms with Gasteiger partial charge in [0.15, 0.2) is 0 Å². The van der Waals surface area contributed by atoms with Gasteiger partial charge in [-0.05, 0) is 29.0 Å². The summed E-state index contributed by atoms with van der Waals surface area (Å²) in [5, 5.41) is 25.8. The van der Waals surface area contributed by atoms with Gasteiger partial charge >= 0.3 is 0 Å². The Morgan fingerprint density at radius 1 is 1.50 bits per heavy atom. The number of anilines is 1. The van der Waals surface area contributed by atoms with Gasteiger partial charge in [0.25, 0.3) is 5.69 Å². The van der Waals surface area contributed by atoms with E-state index in [0.717, 1.165) is 5.56 Å². The third-order valence-corrected chi connectivity index (χ3v) is 3.66. The zero-order chi connectivity index (χ0) is 14.5. The topological polar surface area (TPSA) is 98.8 Å². The predicted octanol–water partition coefficient (Wildman–Crippen LogP) is 1.84. The van der Waals surface area contributed by atoms with Crippen molar-refractivity contribution in [3.8, 4) is 0 Å². The molecular formula is C11H14N6O2S. The molecule has 0 spiro atoms. The number of aromatic nitrogens is 4. The molecule has 9 heteroatoms. The van der Waals surface area contributed by atoms with Crippen molar-refractivity contribution in [2.75, 3.05) is 11.9 Å². The Morgan fingerprint density at radius 2 is 2.30 bits per heavy atom. The molecule has 0 aliphatic heterocycles. The third-order valence-electron chi connectivity index (χ3n) is 2.57. The molecule has 0 atom stereocenters. The molecule has 0 aliphatic rings. The lowest BCUT2D eigenvalue weighted by Crippen LogP contribution is -2.02. The van der Waals surface area contributed by atoms with Crippen molar-refractivity contribution in [2.45, 2.75) is 17.8 Å². The lowest BCUT2D eigenvalue weighted by molar-refractivity contribution is -0.384. The monoisotopic (exact) mass is 294 g/mol. The number of nitrogens with one attached hydrogen (secondary N) is 1. The van der Waals surface area contributed by atoms with Crippen LogP contribution in [-0.2, 0) is 12.8 Å². The number of rotatable bonds is 6. The largest absolute Gasteiger partial charge is 0.380 e. The van der Waals surface area contributed by atoms with Crippen LogP contribution in [-0.4, -0.2) is 31.7 Å². The van der Waals surface area contributed by atoms with Crippen LogP contribution in [0.4, 0.5) is 11.4 Å². The summed E-state index contributed by atoms with van der Waals surface area (Å²) in [5.74, 6) is 0.643. The smallest absolute Gasteiger partial charge is 0.292 e. The molecule has 0 unspecified atom stereocenters. The van der Waals surface area contributed by atoms with Gasteiger partial charge < -0.3 is 5.32 Å². The van der Waals surface area contributed by atoms with Gasteiger partial charge in [-0.3, -0.25) is 10.1 Å². The van der Waals surface area contributed by atoms with Gasteiger partial charge in [-0.25, -0.2) is 4.68 Å². The number of tetrazole rings is 1. The summed E-state index contributed by atoms with van der Waals surface area (Å²) in [6.45, 7) is 2.53. The number of nitro groups is 1. The van der Waals surface area contributed by atoms with Crippen molar-refractivity contribution in [3.05, 3.63) is 33.9 Å². The quantitative estimate of drug-likeness (QED) is 0.493. The molecule has 106 valence electrons. The molecule has 2 rings (SSSR count). The Morgan fingerprint density at radius 3 is 2.90 bits per heavy atom. The summed E-state index contributed by atoms with van der Waals surface area (Å²) in [4.78, 5) is 10.5. The summed E-state index contributed by atoms with van der Waals surface area (Å²) in [6.07, 6.45) is 0. The maximum Gasteiger partial charge on any atom is 0.292 e. The number of hydrogen-bond acceptors (Lipinski definition) is 7. The molecule has 1 heterocycles. The first-order valence-corrected chi connectivity index (χ1v) is 6.96. The minimum Gasteiger partial charge on any atom is -0.380 e. The first-order chi connectivity index (χ1) is 9.61. The Labute approximate surface area is 119 Å². The highest BCUT2D eigenvalue weighted by Crippen LogP contribution is 2.28. The summed E-state index contributed by atoms with van der Waals surface area (Å²) in [7, 11) is 1.77. The lowest BCUT2D eigenvalue weighted by atomic mass is 10.2. The molecule has 2 aromatic rings. The number of nitrogens with zero attached hydrogens (tertiary/aromatic N) is 5. The van der Waals surface area contributed by atoms with Gasteiger partial charge in [0.05, 0.1) is 4.92 Å². The number of benzene rings is 1. The van der Waals surface area contributed by atoms with Gasteiger partial charge in [0, 0.05) is 25.4 Å². The summed E-state index contributed by atoms with van der Waals surface area (Å²) in [5.41, 5.74) is 1.59. The van der Waals surface area contributed by atoms with Crippen molar-refractivity contribution in [2.24, 2.45) is 7.05 Å². The van der Waals surface area contributed by atoms with Crippen LogP contribution < -0.4 is 5.32 Å². The van der Waals surface area contributed by atoms with E-state index in [9.17, 15) is 10.1 Å². The van der Waals surface area contributed by atoms with Gasteiger partial charge in [0.1, 0.15) is 5.69 Å². The van der Waals surface area contributed by atoms with E-state index in [0.29, 0.717) is 23.1 Å². The number of nitro benzene ring substituents is 1. The fourth-order valence-corrected chi connectivity index (χ4v) is 2.45. The van der Waals surface area contributed by atoms with Crippen molar-refractivity contribution >= 4 is 23.1 Å². The molecule has 1 aromatic carbocycles. The molecule has 0 saturated carbocycles. The number of aryl methyl sites for hydroxylation is 1. The van der Waals surface area contributed by atoms with Crippen LogP contribution in [0, 0.1) is 10.1 Å². The Hall–Kier alpha value is -2.16. The normalized spacial score (nSPS) is 10.5. The highest BCUT2D eigenvalue weighted by molar-refractivity contribution is 7.98. The van der Waals surface area contributed by atoms with E-state index in [-0.39, 0.29) is 10.6 Å². The second-order valence-electron chi connectivity index (χ2n) is 4.01. The van der Waals surface area contributed by atoms with E-state index in [2.05, 4.69) is 20.8 Å². The zero-order valence-electron chi connectivity index (χ0n) is 11.1. The van der Waals surface area contributed by atoms with Crippen LogP contribution in [0.25, 0.3) is 0 Å². The number of thioether (sulfide) groups is 1. The average molecular weight is 294 g/mol. The fourth-order valence-electron chi connectivity index (χ4n) is 1.66. The Balaban J connectivity index is 2.14.